The minimum Gasteiger partial charge on any atom is -0.465 e. The standard InChI is InChI=1S/C16H12BrFO4/c1-21-15(19)11-4-2-3-10(7-11)9-22-16(20)13-6-5-12(18)8-14(13)17/h2-8H,9H2,1H3. The van der Waals surface area contributed by atoms with E-state index in [4.69, 9.17) is 4.74 Å². The van der Waals surface area contributed by atoms with Gasteiger partial charge in [-0.2, -0.15) is 0 Å². The van der Waals surface area contributed by atoms with Crippen molar-refractivity contribution in [1.29, 1.82) is 0 Å². The number of halogens is 2. The van der Waals surface area contributed by atoms with Gasteiger partial charge in [0.15, 0.2) is 0 Å². The zero-order valence-electron chi connectivity index (χ0n) is 11.6. The Morgan fingerprint density at radius 3 is 2.59 bits per heavy atom. The third kappa shape index (κ3) is 3.92. The summed E-state index contributed by atoms with van der Waals surface area (Å²) in [6, 6.07) is 10.3. The Balaban J connectivity index is 2.06. The van der Waals surface area contributed by atoms with E-state index >= 15 is 0 Å². The highest BCUT2D eigenvalue weighted by Crippen LogP contribution is 2.19. The first-order valence-corrected chi connectivity index (χ1v) is 7.10. The summed E-state index contributed by atoms with van der Waals surface area (Å²) in [6.07, 6.45) is 0. The summed E-state index contributed by atoms with van der Waals surface area (Å²) >= 11 is 3.11. The summed E-state index contributed by atoms with van der Waals surface area (Å²) in [6.45, 7) is -0.00646. The van der Waals surface area contributed by atoms with Crippen LogP contribution in [0.3, 0.4) is 0 Å². The highest BCUT2D eigenvalue weighted by molar-refractivity contribution is 9.10. The third-order valence-electron chi connectivity index (χ3n) is 2.87. The molecule has 0 heterocycles. The van der Waals surface area contributed by atoms with Gasteiger partial charge in [-0.1, -0.05) is 12.1 Å². The average molecular weight is 367 g/mol. The highest BCUT2D eigenvalue weighted by atomic mass is 79.9. The topological polar surface area (TPSA) is 52.6 Å². The fourth-order valence-electron chi connectivity index (χ4n) is 1.79. The van der Waals surface area contributed by atoms with Gasteiger partial charge < -0.3 is 9.47 Å². The zero-order valence-corrected chi connectivity index (χ0v) is 13.2. The van der Waals surface area contributed by atoms with Crippen LogP contribution in [0.2, 0.25) is 0 Å². The lowest BCUT2D eigenvalue weighted by atomic mass is 10.1. The quantitative estimate of drug-likeness (QED) is 0.773. The number of carbonyl (C=O) groups is 2. The van der Waals surface area contributed by atoms with Gasteiger partial charge in [-0.25, -0.2) is 14.0 Å². The number of esters is 2. The smallest absolute Gasteiger partial charge is 0.339 e. The number of benzene rings is 2. The van der Waals surface area contributed by atoms with Crippen LogP contribution in [0.5, 0.6) is 0 Å². The summed E-state index contributed by atoms with van der Waals surface area (Å²) in [5.74, 6) is -1.50. The number of rotatable bonds is 4. The first-order chi connectivity index (χ1) is 10.5. The van der Waals surface area contributed by atoms with Crippen LogP contribution in [0, 0.1) is 5.82 Å². The van der Waals surface area contributed by atoms with Crippen LogP contribution < -0.4 is 0 Å². The van der Waals surface area contributed by atoms with Crippen LogP contribution in [0.15, 0.2) is 46.9 Å². The van der Waals surface area contributed by atoms with Gasteiger partial charge in [0.25, 0.3) is 0 Å². The number of carbonyl (C=O) groups excluding carboxylic acids is 2. The second kappa shape index (κ2) is 7.17. The molecule has 0 unspecified atom stereocenters. The Morgan fingerprint density at radius 1 is 1.14 bits per heavy atom. The van der Waals surface area contributed by atoms with Crippen molar-refractivity contribution in [2.45, 2.75) is 6.61 Å². The number of hydrogen-bond acceptors (Lipinski definition) is 4. The fourth-order valence-corrected chi connectivity index (χ4v) is 2.30. The SMILES string of the molecule is COC(=O)c1cccc(COC(=O)c2ccc(F)cc2Br)c1. The van der Waals surface area contributed by atoms with Crippen LogP contribution in [0.4, 0.5) is 4.39 Å². The molecule has 0 saturated carbocycles. The van der Waals surface area contributed by atoms with Crippen LogP contribution in [-0.4, -0.2) is 19.0 Å². The molecular formula is C16H12BrFO4. The predicted octanol–water partition coefficient (Wildman–Crippen LogP) is 3.73. The van der Waals surface area contributed by atoms with Crippen molar-refractivity contribution in [3.8, 4) is 0 Å². The molecule has 0 bridgehead atoms. The van der Waals surface area contributed by atoms with Crippen molar-refractivity contribution in [3.63, 3.8) is 0 Å². The molecule has 0 aliphatic rings. The van der Waals surface area contributed by atoms with E-state index in [1.165, 1.54) is 25.3 Å². The molecule has 0 aliphatic heterocycles. The van der Waals surface area contributed by atoms with Crippen LogP contribution in [-0.2, 0) is 16.1 Å². The molecule has 0 aliphatic carbocycles. The molecule has 114 valence electrons. The van der Waals surface area contributed by atoms with E-state index in [0.717, 1.165) is 0 Å². The highest BCUT2D eigenvalue weighted by Gasteiger charge is 2.13. The van der Waals surface area contributed by atoms with Crippen LogP contribution in [0.1, 0.15) is 26.3 Å². The average Bonchev–Trinajstić information content (AvgIpc) is 2.52. The van der Waals surface area contributed by atoms with Crippen molar-refractivity contribution in [3.05, 3.63) is 69.4 Å². The Kier molecular flexibility index (Phi) is 5.27. The molecule has 0 spiro atoms. The van der Waals surface area contributed by atoms with Crippen molar-refractivity contribution in [2.75, 3.05) is 7.11 Å². The van der Waals surface area contributed by atoms with E-state index in [-0.39, 0.29) is 12.2 Å². The van der Waals surface area contributed by atoms with E-state index in [1.807, 2.05) is 0 Å². The largest absolute Gasteiger partial charge is 0.465 e. The molecule has 2 aromatic carbocycles. The molecule has 0 aromatic heterocycles. The molecule has 22 heavy (non-hydrogen) atoms. The van der Waals surface area contributed by atoms with E-state index in [2.05, 4.69) is 20.7 Å². The summed E-state index contributed by atoms with van der Waals surface area (Å²) in [7, 11) is 1.29. The number of hydrogen-bond donors (Lipinski definition) is 0. The second-order valence-corrected chi connectivity index (χ2v) is 5.25. The van der Waals surface area contributed by atoms with Gasteiger partial charge in [0.05, 0.1) is 18.2 Å². The first-order valence-electron chi connectivity index (χ1n) is 6.30. The van der Waals surface area contributed by atoms with Gasteiger partial charge in [-0.3, -0.25) is 0 Å². The van der Waals surface area contributed by atoms with E-state index < -0.39 is 17.8 Å². The second-order valence-electron chi connectivity index (χ2n) is 4.39. The molecule has 0 fully saturated rings. The Morgan fingerprint density at radius 2 is 1.91 bits per heavy atom. The lowest BCUT2D eigenvalue weighted by molar-refractivity contribution is 0.0471. The first kappa shape index (κ1) is 16.2. The summed E-state index contributed by atoms with van der Waals surface area (Å²) in [4.78, 5) is 23.4. The minimum atomic E-state index is -0.588. The fraction of sp³-hybridized carbons (Fsp3) is 0.125. The van der Waals surface area contributed by atoms with Gasteiger partial charge in [0.2, 0.25) is 0 Å². The van der Waals surface area contributed by atoms with Crippen molar-refractivity contribution in [1.82, 2.24) is 0 Å². The van der Waals surface area contributed by atoms with Crippen molar-refractivity contribution >= 4 is 27.9 Å². The van der Waals surface area contributed by atoms with Gasteiger partial charge in [-0.15, -0.1) is 0 Å². The maximum Gasteiger partial charge on any atom is 0.339 e. The van der Waals surface area contributed by atoms with E-state index in [0.29, 0.717) is 15.6 Å². The molecule has 0 atom stereocenters. The molecule has 0 N–H and O–H groups in total. The lowest BCUT2D eigenvalue weighted by Gasteiger charge is -2.07. The van der Waals surface area contributed by atoms with Crippen LogP contribution >= 0.6 is 15.9 Å². The summed E-state index contributed by atoms with van der Waals surface area (Å²) in [5.41, 5.74) is 1.25. The molecule has 4 nitrogen and oxygen atoms in total. The molecule has 2 aromatic rings. The normalized spacial score (nSPS) is 10.1. The maximum atomic E-state index is 13.0. The number of ether oxygens (including phenoxy) is 2. The van der Waals surface area contributed by atoms with Crippen molar-refractivity contribution < 1.29 is 23.5 Å². The minimum absolute atomic E-state index is 0.00646. The summed E-state index contributed by atoms with van der Waals surface area (Å²) in [5, 5.41) is 0. The zero-order chi connectivity index (χ0) is 16.1. The third-order valence-corrected chi connectivity index (χ3v) is 3.53. The van der Waals surface area contributed by atoms with Crippen LogP contribution in [0.25, 0.3) is 0 Å². The predicted molar refractivity (Wildman–Crippen MR) is 81.0 cm³/mol. The van der Waals surface area contributed by atoms with Gasteiger partial charge in [0.1, 0.15) is 12.4 Å². The Bertz CT molecular complexity index is 715. The van der Waals surface area contributed by atoms with Gasteiger partial charge >= 0.3 is 11.9 Å². The lowest BCUT2D eigenvalue weighted by Crippen LogP contribution is -2.07. The monoisotopic (exact) mass is 366 g/mol. The summed E-state index contributed by atoms with van der Waals surface area (Å²) < 4.78 is 23.1. The van der Waals surface area contributed by atoms with Crippen molar-refractivity contribution in [2.24, 2.45) is 0 Å². The molecule has 0 saturated heterocycles. The Hall–Kier alpha value is -2.21. The molecule has 0 amide bonds. The van der Waals surface area contributed by atoms with E-state index in [9.17, 15) is 14.0 Å². The Labute approximate surface area is 135 Å². The maximum absolute atomic E-state index is 13.0. The molecule has 0 radical (unpaired) electrons. The van der Waals surface area contributed by atoms with E-state index in [1.54, 1.807) is 24.3 Å². The van der Waals surface area contributed by atoms with Gasteiger partial charge in [0, 0.05) is 4.47 Å². The molecule has 6 heteroatoms. The number of methoxy groups -OCH3 is 1. The molecule has 2 rings (SSSR count). The van der Waals surface area contributed by atoms with Gasteiger partial charge in [-0.05, 0) is 51.8 Å². The molecular weight excluding hydrogens is 355 g/mol.